The molecular formula is C21H28F3N7O3S. The van der Waals surface area contributed by atoms with Crippen LogP contribution in [-0.2, 0) is 21.0 Å². The van der Waals surface area contributed by atoms with Crippen LogP contribution in [0, 0.1) is 0 Å². The lowest BCUT2D eigenvalue weighted by molar-refractivity contribution is -0.137. The van der Waals surface area contributed by atoms with Gasteiger partial charge < -0.3 is 21.3 Å². The van der Waals surface area contributed by atoms with Crippen LogP contribution in [0.5, 0.6) is 0 Å². The SMILES string of the molecule is CC(=O)NCCNc1nc(Nc2ccc(S(=O)(=O)N3CC(C)NC(C)C3)cc2)ncc1C(F)(F)F. The minimum atomic E-state index is -4.68. The molecule has 1 aromatic carbocycles. The van der Waals surface area contributed by atoms with E-state index < -0.39 is 27.6 Å². The van der Waals surface area contributed by atoms with Gasteiger partial charge in [-0.15, -0.1) is 0 Å². The van der Waals surface area contributed by atoms with E-state index in [2.05, 4.69) is 31.2 Å². The van der Waals surface area contributed by atoms with Gasteiger partial charge in [-0.3, -0.25) is 4.79 Å². The third-order valence-corrected chi connectivity index (χ3v) is 7.00. The lowest BCUT2D eigenvalue weighted by Gasteiger charge is -2.35. The van der Waals surface area contributed by atoms with E-state index in [1.165, 1.54) is 35.5 Å². The van der Waals surface area contributed by atoms with Crippen LogP contribution in [0.3, 0.4) is 0 Å². The van der Waals surface area contributed by atoms with E-state index in [1.54, 1.807) is 0 Å². The number of nitrogens with one attached hydrogen (secondary N) is 4. The molecular weight excluding hydrogens is 487 g/mol. The molecule has 4 N–H and O–H groups in total. The first-order valence-corrected chi connectivity index (χ1v) is 12.4. The van der Waals surface area contributed by atoms with Gasteiger partial charge in [0.05, 0.1) is 4.90 Å². The monoisotopic (exact) mass is 515 g/mol. The molecule has 1 fully saturated rings. The second-order valence-corrected chi connectivity index (χ2v) is 10.2. The van der Waals surface area contributed by atoms with Crippen molar-refractivity contribution in [1.82, 2.24) is 24.9 Å². The number of rotatable bonds is 8. The fourth-order valence-electron chi connectivity index (χ4n) is 3.66. The molecule has 0 bridgehead atoms. The lowest BCUT2D eigenvalue weighted by Crippen LogP contribution is -2.55. The summed E-state index contributed by atoms with van der Waals surface area (Å²) in [6.45, 7) is 5.97. The molecule has 2 atom stereocenters. The summed E-state index contributed by atoms with van der Waals surface area (Å²) in [5.41, 5.74) is -0.651. The normalized spacial score (nSPS) is 19.3. The number of aromatic nitrogens is 2. The van der Waals surface area contributed by atoms with Crippen LogP contribution in [0.1, 0.15) is 26.3 Å². The summed E-state index contributed by atoms with van der Waals surface area (Å²) in [7, 11) is -3.70. The van der Waals surface area contributed by atoms with E-state index in [4.69, 9.17) is 0 Å². The minimum Gasteiger partial charge on any atom is -0.368 e. The zero-order valence-electron chi connectivity index (χ0n) is 19.5. The van der Waals surface area contributed by atoms with Crippen molar-refractivity contribution in [3.05, 3.63) is 36.0 Å². The Labute approximate surface area is 201 Å². The Morgan fingerprint density at radius 3 is 2.34 bits per heavy atom. The van der Waals surface area contributed by atoms with Crippen LogP contribution >= 0.6 is 0 Å². The number of piperazine rings is 1. The van der Waals surface area contributed by atoms with Crippen LogP contribution in [0.15, 0.2) is 35.4 Å². The highest BCUT2D eigenvalue weighted by atomic mass is 32.2. The van der Waals surface area contributed by atoms with Gasteiger partial charge in [-0.25, -0.2) is 13.4 Å². The van der Waals surface area contributed by atoms with Gasteiger partial charge in [0.1, 0.15) is 11.4 Å². The van der Waals surface area contributed by atoms with Gasteiger partial charge in [-0.2, -0.15) is 22.5 Å². The molecule has 0 spiro atoms. The Balaban J connectivity index is 1.75. The number of carbonyl (C=O) groups excluding carboxylic acids is 1. The number of anilines is 3. The highest BCUT2D eigenvalue weighted by Gasteiger charge is 2.35. The van der Waals surface area contributed by atoms with Gasteiger partial charge in [-0.1, -0.05) is 0 Å². The van der Waals surface area contributed by atoms with Crippen molar-refractivity contribution in [3.8, 4) is 0 Å². The summed E-state index contributed by atoms with van der Waals surface area (Å²) in [6, 6.07) is 5.87. The molecule has 2 unspecified atom stereocenters. The second kappa shape index (κ2) is 10.7. The molecule has 1 amide bonds. The van der Waals surface area contributed by atoms with Crippen molar-refractivity contribution < 1.29 is 26.4 Å². The van der Waals surface area contributed by atoms with E-state index in [0.29, 0.717) is 25.0 Å². The van der Waals surface area contributed by atoms with E-state index in [1.807, 2.05) is 13.8 Å². The number of amides is 1. The van der Waals surface area contributed by atoms with Crippen molar-refractivity contribution in [2.45, 2.75) is 43.9 Å². The highest BCUT2D eigenvalue weighted by molar-refractivity contribution is 7.89. The third-order valence-electron chi connectivity index (χ3n) is 5.16. The number of sulfonamides is 1. The van der Waals surface area contributed by atoms with E-state index >= 15 is 0 Å². The molecule has 3 rings (SSSR count). The molecule has 1 saturated heterocycles. The molecule has 10 nitrogen and oxygen atoms in total. The Hall–Kier alpha value is -2.97. The predicted molar refractivity (Wildman–Crippen MR) is 125 cm³/mol. The maximum Gasteiger partial charge on any atom is 0.421 e. The quantitative estimate of drug-likeness (QED) is 0.394. The number of halogens is 3. The van der Waals surface area contributed by atoms with Crippen molar-refractivity contribution in [1.29, 1.82) is 0 Å². The minimum absolute atomic E-state index is 0.0207. The van der Waals surface area contributed by atoms with Gasteiger partial charge in [0, 0.05) is 57.1 Å². The summed E-state index contributed by atoms with van der Waals surface area (Å²) in [5.74, 6) is -0.860. The summed E-state index contributed by atoms with van der Waals surface area (Å²) in [6.07, 6.45) is -4.02. The first-order valence-electron chi connectivity index (χ1n) is 10.9. The molecule has 192 valence electrons. The van der Waals surface area contributed by atoms with Gasteiger partial charge in [0.2, 0.25) is 21.9 Å². The molecule has 1 aromatic heterocycles. The standard InChI is InChI=1S/C21H28F3N7O3S/c1-13-11-31(12-14(2)28-13)35(33,34)17-6-4-16(5-7-17)29-20-27-10-18(21(22,23)24)19(30-20)26-9-8-25-15(3)32/h4-7,10,13-14,28H,8-9,11-12H2,1-3H3,(H,25,32)(H2,26,27,29,30). The Kier molecular flexibility index (Phi) is 8.18. The Bertz CT molecular complexity index is 1130. The number of carbonyl (C=O) groups is 1. The van der Waals surface area contributed by atoms with E-state index in [9.17, 15) is 26.4 Å². The number of benzene rings is 1. The van der Waals surface area contributed by atoms with Crippen molar-refractivity contribution >= 4 is 33.4 Å². The van der Waals surface area contributed by atoms with Crippen molar-refractivity contribution in [3.63, 3.8) is 0 Å². The van der Waals surface area contributed by atoms with Crippen molar-refractivity contribution in [2.75, 3.05) is 36.8 Å². The average Bonchev–Trinajstić information content (AvgIpc) is 2.75. The first-order chi connectivity index (χ1) is 16.4. The summed E-state index contributed by atoms with van der Waals surface area (Å²) < 4.78 is 67.4. The van der Waals surface area contributed by atoms with Crippen LogP contribution < -0.4 is 21.3 Å². The maximum atomic E-state index is 13.3. The summed E-state index contributed by atoms with van der Waals surface area (Å²) in [5, 5.41) is 11.1. The van der Waals surface area contributed by atoms with Gasteiger partial charge in [0.25, 0.3) is 0 Å². The zero-order valence-corrected chi connectivity index (χ0v) is 20.3. The van der Waals surface area contributed by atoms with E-state index in [-0.39, 0.29) is 41.9 Å². The van der Waals surface area contributed by atoms with Crippen LogP contribution in [0.2, 0.25) is 0 Å². The van der Waals surface area contributed by atoms with Crippen molar-refractivity contribution in [2.24, 2.45) is 0 Å². The van der Waals surface area contributed by atoms with Gasteiger partial charge >= 0.3 is 6.18 Å². The zero-order chi connectivity index (χ0) is 25.8. The highest BCUT2D eigenvalue weighted by Crippen LogP contribution is 2.34. The predicted octanol–water partition coefficient (Wildman–Crippen LogP) is 2.16. The Morgan fingerprint density at radius 2 is 1.77 bits per heavy atom. The van der Waals surface area contributed by atoms with E-state index in [0.717, 1.165) is 0 Å². The number of alkyl halides is 3. The summed E-state index contributed by atoms with van der Waals surface area (Å²) >= 11 is 0. The molecule has 2 heterocycles. The topological polar surface area (TPSA) is 128 Å². The average molecular weight is 516 g/mol. The first kappa shape index (κ1) is 26.6. The third kappa shape index (κ3) is 7.02. The summed E-state index contributed by atoms with van der Waals surface area (Å²) in [4.78, 5) is 18.7. The Morgan fingerprint density at radius 1 is 1.14 bits per heavy atom. The molecule has 1 aliphatic rings. The molecule has 0 saturated carbocycles. The van der Waals surface area contributed by atoms with Gasteiger partial charge in [0.15, 0.2) is 0 Å². The number of hydrogen-bond acceptors (Lipinski definition) is 8. The van der Waals surface area contributed by atoms with Crippen LogP contribution in [0.25, 0.3) is 0 Å². The molecule has 1 aliphatic heterocycles. The number of nitrogens with zero attached hydrogens (tertiary/aromatic N) is 3. The lowest BCUT2D eigenvalue weighted by atomic mass is 10.2. The fraction of sp³-hybridized carbons (Fsp3) is 0.476. The largest absolute Gasteiger partial charge is 0.421 e. The molecule has 35 heavy (non-hydrogen) atoms. The molecule has 0 aliphatic carbocycles. The molecule has 0 radical (unpaired) electrons. The van der Waals surface area contributed by atoms with Crippen LogP contribution in [0.4, 0.5) is 30.6 Å². The second-order valence-electron chi connectivity index (χ2n) is 8.30. The molecule has 14 heteroatoms. The fourth-order valence-corrected chi connectivity index (χ4v) is 5.28. The number of hydrogen-bond donors (Lipinski definition) is 4. The smallest absolute Gasteiger partial charge is 0.368 e. The van der Waals surface area contributed by atoms with Gasteiger partial charge in [-0.05, 0) is 38.1 Å². The maximum absolute atomic E-state index is 13.3. The molecule has 2 aromatic rings. The van der Waals surface area contributed by atoms with Crippen LogP contribution in [-0.4, -0.2) is 66.9 Å².